The Kier molecular flexibility index (Phi) is 5.67. The van der Waals surface area contributed by atoms with E-state index in [1.807, 2.05) is 0 Å². The van der Waals surface area contributed by atoms with Gasteiger partial charge in [0.1, 0.15) is 18.3 Å². The highest BCUT2D eigenvalue weighted by Gasteiger charge is 2.35. The van der Waals surface area contributed by atoms with Crippen LogP contribution in [-0.2, 0) is 9.59 Å². The average Bonchev–Trinajstić information content (AvgIpc) is 3.01. The number of halogens is 2. The van der Waals surface area contributed by atoms with Crippen molar-refractivity contribution in [3.05, 3.63) is 29.8 Å². The lowest BCUT2D eigenvalue weighted by molar-refractivity contribution is -0.138. The van der Waals surface area contributed by atoms with Gasteiger partial charge in [-0.1, -0.05) is 12.1 Å². The Morgan fingerprint density at radius 3 is 2.71 bits per heavy atom. The number of rotatable bonds is 6. The molecule has 1 aliphatic heterocycles. The summed E-state index contributed by atoms with van der Waals surface area (Å²) < 4.78 is 29.3. The Morgan fingerprint density at radius 2 is 2.04 bits per heavy atom. The van der Waals surface area contributed by atoms with Crippen LogP contribution in [0.2, 0.25) is 0 Å². The SMILES string of the molecule is O=C(O)CNC(=O)C1CCCN1C(=O)c1ccccc1OC(F)F. The first kappa shape index (κ1) is 17.6. The number of ether oxygens (including phenoxy) is 1. The van der Waals surface area contributed by atoms with Crippen molar-refractivity contribution in [2.45, 2.75) is 25.5 Å². The van der Waals surface area contributed by atoms with E-state index in [9.17, 15) is 23.2 Å². The molecule has 2 amide bonds. The number of likely N-dealkylation sites (tertiary alicyclic amines) is 1. The maximum atomic E-state index is 12.6. The zero-order chi connectivity index (χ0) is 17.7. The van der Waals surface area contributed by atoms with Crippen molar-refractivity contribution >= 4 is 17.8 Å². The van der Waals surface area contributed by atoms with Crippen LogP contribution in [0.5, 0.6) is 5.75 Å². The first-order valence-electron chi connectivity index (χ1n) is 7.24. The van der Waals surface area contributed by atoms with Crippen LogP contribution >= 0.6 is 0 Å². The number of nitrogens with one attached hydrogen (secondary N) is 1. The first-order valence-corrected chi connectivity index (χ1v) is 7.24. The van der Waals surface area contributed by atoms with Gasteiger partial charge in [0.05, 0.1) is 5.56 Å². The van der Waals surface area contributed by atoms with Crippen LogP contribution < -0.4 is 10.1 Å². The summed E-state index contributed by atoms with van der Waals surface area (Å²) in [6.45, 7) is -3.36. The van der Waals surface area contributed by atoms with Gasteiger partial charge in [0.25, 0.3) is 5.91 Å². The van der Waals surface area contributed by atoms with Crippen molar-refractivity contribution in [2.24, 2.45) is 0 Å². The number of para-hydroxylation sites is 1. The van der Waals surface area contributed by atoms with E-state index < -0.39 is 37.0 Å². The van der Waals surface area contributed by atoms with Crippen LogP contribution in [0.4, 0.5) is 8.78 Å². The van der Waals surface area contributed by atoms with E-state index in [1.54, 1.807) is 0 Å². The summed E-state index contributed by atoms with van der Waals surface area (Å²) in [5.74, 6) is -2.67. The van der Waals surface area contributed by atoms with Crippen molar-refractivity contribution in [2.75, 3.05) is 13.1 Å². The Morgan fingerprint density at radius 1 is 1.33 bits per heavy atom. The number of carboxylic acid groups (broad SMARTS) is 1. The molecule has 0 radical (unpaired) electrons. The van der Waals surface area contributed by atoms with E-state index in [1.165, 1.54) is 29.2 Å². The third kappa shape index (κ3) is 4.18. The summed E-state index contributed by atoms with van der Waals surface area (Å²) in [6.07, 6.45) is 0.920. The van der Waals surface area contributed by atoms with Gasteiger partial charge in [0, 0.05) is 6.54 Å². The van der Waals surface area contributed by atoms with Crippen molar-refractivity contribution in [1.29, 1.82) is 0 Å². The van der Waals surface area contributed by atoms with E-state index in [0.717, 1.165) is 0 Å². The molecule has 1 aromatic rings. The Hall–Kier alpha value is -2.71. The third-order valence-electron chi connectivity index (χ3n) is 3.56. The molecule has 0 aliphatic carbocycles. The average molecular weight is 342 g/mol. The highest BCUT2D eigenvalue weighted by Crippen LogP contribution is 2.26. The van der Waals surface area contributed by atoms with Crippen LogP contribution in [0.1, 0.15) is 23.2 Å². The number of hydrogen-bond acceptors (Lipinski definition) is 4. The zero-order valence-electron chi connectivity index (χ0n) is 12.6. The number of alkyl halides is 2. The van der Waals surface area contributed by atoms with Crippen molar-refractivity contribution < 1.29 is 33.0 Å². The van der Waals surface area contributed by atoms with Crippen LogP contribution in [0.15, 0.2) is 24.3 Å². The van der Waals surface area contributed by atoms with Gasteiger partial charge in [0.2, 0.25) is 5.91 Å². The van der Waals surface area contributed by atoms with Gasteiger partial charge in [-0.25, -0.2) is 0 Å². The minimum atomic E-state index is -3.08. The fourth-order valence-corrected chi connectivity index (χ4v) is 2.56. The van der Waals surface area contributed by atoms with E-state index >= 15 is 0 Å². The molecule has 1 aliphatic rings. The minimum Gasteiger partial charge on any atom is -0.480 e. The molecule has 0 spiro atoms. The first-order chi connectivity index (χ1) is 11.4. The normalized spacial score (nSPS) is 17.0. The van der Waals surface area contributed by atoms with Gasteiger partial charge in [-0.3, -0.25) is 14.4 Å². The van der Waals surface area contributed by atoms with Crippen LogP contribution in [-0.4, -0.2) is 53.5 Å². The number of hydrogen-bond donors (Lipinski definition) is 2. The second-order valence-electron chi connectivity index (χ2n) is 5.14. The second-order valence-corrected chi connectivity index (χ2v) is 5.14. The molecule has 1 unspecified atom stereocenters. The largest absolute Gasteiger partial charge is 0.480 e. The molecule has 0 saturated carbocycles. The predicted octanol–water partition coefficient (Wildman–Crippen LogP) is 1.09. The molecule has 0 bridgehead atoms. The molecule has 130 valence electrons. The molecule has 1 saturated heterocycles. The summed E-state index contributed by atoms with van der Waals surface area (Å²) in [4.78, 5) is 36.4. The Bertz CT molecular complexity index is 638. The predicted molar refractivity (Wildman–Crippen MR) is 77.8 cm³/mol. The number of nitrogens with zero attached hydrogens (tertiary/aromatic N) is 1. The lowest BCUT2D eigenvalue weighted by atomic mass is 10.1. The number of amides is 2. The maximum Gasteiger partial charge on any atom is 0.387 e. The van der Waals surface area contributed by atoms with Gasteiger partial charge >= 0.3 is 12.6 Å². The van der Waals surface area contributed by atoms with Crippen molar-refractivity contribution in [3.63, 3.8) is 0 Å². The highest BCUT2D eigenvalue weighted by atomic mass is 19.3. The standard InChI is InChI=1S/C15H16F2N2O5/c16-15(17)24-11-6-2-1-4-9(11)14(23)19-7-3-5-10(19)13(22)18-8-12(20)21/h1-2,4,6,10,15H,3,5,7-8H2,(H,18,22)(H,20,21). The summed E-state index contributed by atoms with van der Waals surface area (Å²) >= 11 is 0. The fourth-order valence-electron chi connectivity index (χ4n) is 2.56. The fraction of sp³-hybridized carbons (Fsp3) is 0.400. The smallest absolute Gasteiger partial charge is 0.387 e. The van der Waals surface area contributed by atoms with E-state index in [-0.39, 0.29) is 17.9 Å². The van der Waals surface area contributed by atoms with E-state index in [0.29, 0.717) is 12.8 Å². The second kappa shape index (κ2) is 7.71. The van der Waals surface area contributed by atoms with Crippen LogP contribution in [0.3, 0.4) is 0 Å². The van der Waals surface area contributed by atoms with Gasteiger partial charge in [-0.15, -0.1) is 0 Å². The zero-order valence-corrected chi connectivity index (χ0v) is 12.6. The summed E-state index contributed by atoms with van der Waals surface area (Å²) in [5, 5.41) is 10.8. The van der Waals surface area contributed by atoms with Gasteiger partial charge in [0.15, 0.2) is 0 Å². The van der Waals surface area contributed by atoms with Gasteiger partial charge in [-0.05, 0) is 25.0 Å². The van der Waals surface area contributed by atoms with Crippen molar-refractivity contribution in [1.82, 2.24) is 10.2 Å². The molecule has 2 N–H and O–H groups in total. The molecule has 24 heavy (non-hydrogen) atoms. The number of carboxylic acids is 1. The topological polar surface area (TPSA) is 95.9 Å². The molecule has 2 rings (SSSR count). The lowest BCUT2D eigenvalue weighted by Crippen LogP contribution is -2.47. The molecule has 7 nitrogen and oxygen atoms in total. The monoisotopic (exact) mass is 342 g/mol. The number of aliphatic carboxylic acids is 1. The Balaban J connectivity index is 2.16. The molecule has 1 fully saturated rings. The highest BCUT2D eigenvalue weighted by molar-refractivity contribution is 6.00. The molecular formula is C15H16F2N2O5. The van der Waals surface area contributed by atoms with Crippen molar-refractivity contribution in [3.8, 4) is 5.75 Å². The van der Waals surface area contributed by atoms with Gasteiger partial charge < -0.3 is 20.1 Å². The molecule has 0 aromatic heterocycles. The molecule has 1 aromatic carbocycles. The van der Waals surface area contributed by atoms with E-state index in [4.69, 9.17) is 5.11 Å². The molecular weight excluding hydrogens is 326 g/mol. The Labute approximate surface area is 136 Å². The van der Waals surface area contributed by atoms with Gasteiger partial charge in [-0.2, -0.15) is 8.78 Å². The number of carbonyl (C=O) groups excluding carboxylic acids is 2. The molecule has 1 atom stereocenters. The van der Waals surface area contributed by atoms with E-state index in [2.05, 4.69) is 10.1 Å². The summed E-state index contributed by atoms with van der Waals surface area (Å²) in [7, 11) is 0. The van der Waals surface area contributed by atoms with Crippen LogP contribution in [0.25, 0.3) is 0 Å². The number of benzene rings is 1. The van der Waals surface area contributed by atoms with Crippen LogP contribution in [0, 0.1) is 0 Å². The number of carbonyl (C=O) groups is 3. The minimum absolute atomic E-state index is 0.0734. The quantitative estimate of drug-likeness (QED) is 0.807. The maximum absolute atomic E-state index is 12.6. The summed E-state index contributed by atoms with van der Waals surface area (Å²) in [5.41, 5.74) is -0.0734. The summed E-state index contributed by atoms with van der Waals surface area (Å²) in [6, 6.07) is 4.70. The molecule has 1 heterocycles. The molecule has 9 heteroatoms. The third-order valence-corrected chi connectivity index (χ3v) is 3.56. The lowest BCUT2D eigenvalue weighted by Gasteiger charge is -2.24.